The molecule has 0 aliphatic rings. The molecule has 3 nitrogen and oxygen atoms in total. The van der Waals surface area contributed by atoms with Crippen LogP contribution in [0, 0.1) is 0 Å². The first kappa shape index (κ1) is 14.5. The molecule has 0 radical (unpaired) electrons. The largest absolute Gasteiger partial charge is 0.352 e. The third-order valence-electron chi connectivity index (χ3n) is 3.42. The van der Waals surface area contributed by atoms with Crippen LogP contribution in [0.4, 0.5) is 0 Å². The second kappa shape index (κ2) is 7.06. The van der Waals surface area contributed by atoms with E-state index in [1.165, 1.54) is 10.8 Å². The van der Waals surface area contributed by atoms with Gasteiger partial charge in [0, 0.05) is 19.0 Å². The number of hydrogen-bond acceptors (Lipinski definition) is 2. The number of carbonyl (C=O) groups is 1. The molecule has 0 aliphatic carbocycles. The summed E-state index contributed by atoms with van der Waals surface area (Å²) in [5.41, 5.74) is 6.83. The minimum Gasteiger partial charge on any atom is -0.352 e. The molecular formula is C17H22N2O. The Hall–Kier alpha value is -1.87. The summed E-state index contributed by atoms with van der Waals surface area (Å²) < 4.78 is 0. The van der Waals surface area contributed by atoms with Gasteiger partial charge in [-0.3, -0.25) is 4.79 Å². The highest BCUT2D eigenvalue weighted by Gasteiger charge is 2.04. The lowest BCUT2D eigenvalue weighted by Crippen LogP contribution is -2.23. The average Bonchev–Trinajstić information content (AvgIpc) is 2.44. The Bertz CT molecular complexity index is 573. The van der Waals surface area contributed by atoms with Gasteiger partial charge in [-0.1, -0.05) is 42.5 Å². The zero-order chi connectivity index (χ0) is 14.4. The van der Waals surface area contributed by atoms with Gasteiger partial charge in [0.05, 0.1) is 0 Å². The molecule has 3 N–H and O–H groups in total. The first-order valence-corrected chi connectivity index (χ1v) is 7.16. The molecule has 0 bridgehead atoms. The third kappa shape index (κ3) is 4.07. The van der Waals surface area contributed by atoms with Crippen molar-refractivity contribution in [2.75, 3.05) is 0 Å². The van der Waals surface area contributed by atoms with Gasteiger partial charge in [0.2, 0.25) is 5.91 Å². The maximum atomic E-state index is 11.8. The van der Waals surface area contributed by atoms with Gasteiger partial charge in [-0.25, -0.2) is 0 Å². The molecule has 0 saturated carbocycles. The van der Waals surface area contributed by atoms with Crippen LogP contribution in [0.3, 0.4) is 0 Å². The van der Waals surface area contributed by atoms with E-state index in [2.05, 4.69) is 29.6 Å². The number of rotatable bonds is 6. The Labute approximate surface area is 120 Å². The van der Waals surface area contributed by atoms with E-state index in [9.17, 15) is 4.79 Å². The van der Waals surface area contributed by atoms with Crippen LogP contribution in [0.1, 0.15) is 31.7 Å². The van der Waals surface area contributed by atoms with Crippen LogP contribution in [0.5, 0.6) is 0 Å². The van der Waals surface area contributed by atoms with Gasteiger partial charge in [-0.05, 0) is 36.1 Å². The highest BCUT2D eigenvalue weighted by atomic mass is 16.1. The van der Waals surface area contributed by atoms with Crippen LogP contribution < -0.4 is 11.1 Å². The molecule has 20 heavy (non-hydrogen) atoms. The van der Waals surface area contributed by atoms with Crippen molar-refractivity contribution in [3.05, 3.63) is 48.0 Å². The lowest BCUT2D eigenvalue weighted by molar-refractivity contribution is -0.121. The van der Waals surface area contributed by atoms with E-state index < -0.39 is 0 Å². The van der Waals surface area contributed by atoms with Crippen molar-refractivity contribution in [1.82, 2.24) is 5.32 Å². The molecule has 3 heteroatoms. The van der Waals surface area contributed by atoms with E-state index >= 15 is 0 Å². The molecule has 0 heterocycles. The smallest absolute Gasteiger partial charge is 0.220 e. The van der Waals surface area contributed by atoms with Crippen LogP contribution in [-0.4, -0.2) is 11.9 Å². The minimum absolute atomic E-state index is 0.0959. The first-order chi connectivity index (χ1) is 9.66. The highest BCUT2D eigenvalue weighted by Crippen LogP contribution is 2.18. The third-order valence-corrected chi connectivity index (χ3v) is 3.42. The molecule has 0 fully saturated rings. The molecule has 106 valence electrons. The summed E-state index contributed by atoms with van der Waals surface area (Å²) in [6.45, 7) is 2.55. The second-order valence-corrected chi connectivity index (χ2v) is 5.28. The predicted octanol–water partition coefficient (Wildman–Crippen LogP) is 2.97. The van der Waals surface area contributed by atoms with Gasteiger partial charge < -0.3 is 11.1 Å². The molecule has 0 saturated heterocycles. The fraction of sp³-hybridized carbons (Fsp3) is 0.353. The van der Waals surface area contributed by atoms with Crippen molar-refractivity contribution < 1.29 is 4.79 Å². The molecular weight excluding hydrogens is 248 g/mol. The SMILES string of the molecule is CC(N)CCCC(=O)NCc1cccc2ccccc12. The van der Waals surface area contributed by atoms with Gasteiger partial charge in [0.15, 0.2) is 0 Å². The van der Waals surface area contributed by atoms with E-state index in [1.54, 1.807) is 0 Å². The van der Waals surface area contributed by atoms with Crippen LogP contribution >= 0.6 is 0 Å². The summed E-state index contributed by atoms with van der Waals surface area (Å²) in [5, 5.41) is 5.39. The summed E-state index contributed by atoms with van der Waals surface area (Å²) in [5.74, 6) is 0.0959. The summed E-state index contributed by atoms with van der Waals surface area (Å²) in [6, 6.07) is 14.6. The van der Waals surface area contributed by atoms with Crippen LogP contribution in [-0.2, 0) is 11.3 Å². The molecule has 1 unspecified atom stereocenters. The van der Waals surface area contributed by atoms with Gasteiger partial charge in [-0.15, -0.1) is 0 Å². The average molecular weight is 270 g/mol. The van der Waals surface area contributed by atoms with Crippen molar-refractivity contribution in [3.63, 3.8) is 0 Å². The molecule has 2 aromatic rings. The fourth-order valence-electron chi connectivity index (χ4n) is 2.31. The van der Waals surface area contributed by atoms with Gasteiger partial charge in [0.1, 0.15) is 0 Å². The lowest BCUT2D eigenvalue weighted by atomic mass is 10.0. The monoisotopic (exact) mass is 270 g/mol. The Balaban J connectivity index is 1.91. The normalized spacial score (nSPS) is 12.3. The lowest BCUT2D eigenvalue weighted by Gasteiger charge is -2.09. The number of nitrogens with two attached hydrogens (primary N) is 1. The van der Waals surface area contributed by atoms with E-state index in [4.69, 9.17) is 5.73 Å². The quantitative estimate of drug-likeness (QED) is 0.848. The van der Waals surface area contributed by atoms with Crippen molar-refractivity contribution in [2.45, 2.75) is 38.8 Å². The molecule has 1 atom stereocenters. The number of carbonyl (C=O) groups excluding carboxylic acids is 1. The molecule has 2 rings (SSSR count). The Morgan fingerprint density at radius 1 is 1.20 bits per heavy atom. The standard InChI is InChI=1S/C17H22N2O/c1-13(18)6-4-11-17(20)19-12-15-9-5-8-14-7-2-3-10-16(14)15/h2-3,5,7-10,13H,4,6,11-12,18H2,1H3,(H,19,20). The summed E-state index contributed by atoms with van der Waals surface area (Å²) in [4.78, 5) is 11.8. The molecule has 2 aromatic carbocycles. The zero-order valence-electron chi connectivity index (χ0n) is 11.9. The van der Waals surface area contributed by atoms with Crippen molar-refractivity contribution in [3.8, 4) is 0 Å². The van der Waals surface area contributed by atoms with E-state index in [1.807, 2.05) is 25.1 Å². The molecule has 0 aliphatic heterocycles. The summed E-state index contributed by atoms with van der Waals surface area (Å²) in [6.07, 6.45) is 2.28. The van der Waals surface area contributed by atoms with Crippen molar-refractivity contribution in [1.29, 1.82) is 0 Å². The molecule has 1 amide bonds. The second-order valence-electron chi connectivity index (χ2n) is 5.28. The van der Waals surface area contributed by atoms with Crippen LogP contribution in [0.2, 0.25) is 0 Å². The van der Waals surface area contributed by atoms with Gasteiger partial charge in [-0.2, -0.15) is 0 Å². The molecule has 0 aromatic heterocycles. The van der Waals surface area contributed by atoms with E-state index in [0.717, 1.165) is 18.4 Å². The fourth-order valence-corrected chi connectivity index (χ4v) is 2.31. The highest BCUT2D eigenvalue weighted by molar-refractivity contribution is 5.86. The number of amides is 1. The Morgan fingerprint density at radius 3 is 2.75 bits per heavy atom. The van der Waals surface area contributed by atoms with Gasteiger partial charge in [0.25, 0.3) is 0 Å². The number of hydrogen-bond donors (Lipinski definition) is 2. The topological polar surface area (TPSA) is 55.1 Å². The minimum atomic E-state index is 0.0959. The van der Waals surface area contributed by atoms with Crippen LogP contribution in [0.25, 0.3) is 10.8 Å². The summed E-state index contributed by atoms with van der Waals surface area (Å²) in [7, 11) is 0. The van der Waals surface area contributed by atoms with Crippen molar-refractivity contribution >= 4 is 16.7 Å². The van der Waals surface area contributed by atoms with Gasteiger partial charge >= 0.3 is 0 Å². The number of nitrogens with one attached hydrogen (secondary N) is 1. The van der Waals surface area contributed by atoms with E-state index in [0.29, 0.717) is 13.0 Å². The Morgan fingerprint density at radius 2 is 1.95 bits per heavy atom. The Kier molecular flexibility index (Phi) is 5.13. The van der Waals surface area contributed by atoms with Crippen molar-refractivity contribution in [2.24, 2.45) is 5.73 Å². The first-order valence-electron chi connectivity index (χ1n) is 7.16. The number of benzene rings is 2. The predicted molar refractivity (Wildman–Crippen MR) is 83.3 cm³/mol. The zero-order valence-corrected chi connectivity index (χ0v) is 11.9. The van der Waals surface area contributed by atoms with E-state index in [-0.39, 0.29) is 11.9 Å². The maximum absolute atomic E-state index is 11.8. The number of fused-ring (bicyclic) bond motifs is 1. The summed E-state index contributed by atoms with van der Waals surface area (Å²) >= 11 is 0. The van der Waals surface area contributed by atoms with Crippen LogP contribution in [0.15, 0.2) is 42.5 Å². The maximum Gasteiger partial charge on any atom is 0.220 e. The molecule has 0 spiro atoms.